The zero-order chi connectivity index (χ0) is 15.8. The Hall–Kier alpha value is -2.37. The van der Waals surface area contributed by atoms with Gasteiger partial charge in [0.15, 0.2) is 0 Å². The summed E-state index contributed by atoms with van der Waals surface area (Å²) in [5, 5.41) is 17.9. The maximum atomic E-state index is 7.25. The van der Waals surface area contributed by atoms with Gasteiger partial charge in [-0.05, 0) is 52.3 Å². The van der Waals surface area contributed by atoms with Crippen LogP contribution in [0.1, 0.15) is 37.8 Å². The molecular formula is C15H22N4O2. The molecule has 0 radical (unpaired) electrons. The first-order chi connectivity index (χ1) is 9.99. The second-order valence-corrected chi connectivity index (χ2v) is 4.65. The van der Waals surface area contributed by atoms with Gasteiger partial charge < -0.3 is 14.7 Å². The maximum Gasteiger partial charge on any atom is 0.141 e. The Morgan fingerprint density at radius 1 is 1.43 bits per heavy atom. The van der Waals surface area contributed by atoms with E-state index in [9.17, 15) is 0 Å². The van der Waals surface area contributed by atoms with E-state index in [2.05, 4.69) is 15.6 Å². The third kappa shape index (κ3) is 4.91. The minimum Gasteiger partial charge on any atom is -0.367 e. The molecule has 1 rings (SSSR count). The van der Waals surface area contributed by atoms with Gasteiger partial charge in [0.25, 0.3) is 0 Å². The van der Waals surface area contributed by atoms with Gasteiger partial charge >= 0.3 is 0 Å². The number of hydrogen-bond acceptors (Lipinski definition) is 5. The van der Waals surface area contributed by atoms with Crippen LogP contribution in [0, 0.1) is 19.3 Å². The van der Waals surface area contributed by atoms with Crippen molar-refractivity contribution in [1.82, 2.24) is 10.5 Å². The molecule has 0 saturated heterocycles. The second kappa shape index (κ2) is 8.04. The summed E-state index contributed by atoms with van der Waals surface area (Å²) in [6, 6.07) is -0.164. The highest BCUT2D eigenvalue weighted by Gasteiger charge is 2.11. The molecule has 1 heterocycles. The van der Waals surface area contributed by atoms with Crippen LogP contribution in [0.25, 0.3) is 6.08 Å². The highest BCUT2D eigenvalue weighted by Crippen LogP contribution is 2.18. The molecule has 0 saturated carbocycles. The molecule has 6 heteroatoms. The number of nitrogens with one attached hydrogen (secondary N) is 2. The average Bonchev–Trinajstić information content (AvgIpc) is 2.76. The fourth-order valence-corrected chi connectivity index (χ4v) is 1.82. The van der Waals surface area contributed by atoms with E-state index in [0.717, 1.165) is 28.9 Å². The summed E-state index contributed by atoms with van der Waals surface area (Å²) >= 11 is 0. The number of oxime groups is 1. The van der Waals surface area contributed by atoms with Gasteiger partial charge in [-0.2, -0.15) is 0 Å². The van der Waals surface area contributed by atoms with Crippen molar-refractivity contribution in [3.8, 4) is 0 Å². The summed E-state index contributed by atoms with van der Waals surface area (Å²) in [4.78, 5) is 5.16. The number of nitrogens with zero attached hydrogens (tertiary/aromatic N) is 2. The molecular weight excluding hydrogens is 268 g/mol. The van der Waals surface area contributed by atoms with Gasteiger partial charge in [0, 0.05) is 11.8 Å². The molecule has 1 atom stereocenters. The fraction of sp³-hybridized carbons (Fsp3) is 0.400. The van der Waals surface area contributed by atoms with Gasteiger partial charge in [-0.25, -0.2) is 0 Å². The third-order valence-electron chi connectivity index (χ3n) is 2.92. The van der Waals surface area contributed by atoms with Crippen molar-refractivity contribution in [3.63, 3.8) is 0 Å². The van der Waals surface area contributed by atoms with Crippen molar-refractivity contribution in [3.05, 3.63) is 34.4 Å². The topological polar surface area (TPSA) is 83.5 Å². The predicted molar refractivity (Wildman–Crippen MR) is 84.3 cm³/mol. The van der Waals surface area contributed by atoms with E-state index in [-0.39, 0.29) is 6.04 Å². The van der Waals surface area contributed by atoms with E-state index >= 15 is 0 Å². The number of aryl methyl sites for hydroxylation is 2. The van der Waals surface area contributed by atoms with Crippen LogP contribution in [0.3, 0.4) is 0 Å². The second-order valence-electron chi connectivity index (χ2n) is 4.65. The van der Waals surface area contributed by atoms with Crippen LogP contribution in [0.15, 0.2) is 27.1 Å². The van der Waals surface area contributed by atoms with Gasteiger partial charge in [0.05, 0.1) is 18.1 Å². The van der Waals surface area contributed by atoms with Gasteiger partial charge in [-0.3, -0.25) is 5.41 Å². The highest BCUT2D eigenvalue weighted by molar-refractivity contribution is 5.60. The Labute approximate surface area is 125 Å². The monoisotopic (exact) mass is 290 g/mol. The Balaban J connectivity index is 3.02. The van der Waals surface area contributed by atoms with E-state index in [0.29, 0.717) is 5.76 Å². The molecule has 1 aromatic rings. The van der Waals surface area contributed by atoms with Crippen molar-refractivity contribution < 1.29 is 9.36 Å². The smallest absolute Gasteiger partial charge is 0.141 e. The minimum atomic E-state index is -0.164. The zero-order valence-electron chi connectivity index (χ0n) is 13.1. The predicted octanol–water partition coefficient (Wildman–Crippen LogP) is 3.19. The molecule has 0 bridgehead atoms. The molecule has 1 aromatic heterocycles. The van der Waals surface area contributed by atoms with Crippen molar-refractivity contribution in [2.24, 2.45) is 5.16 Å². The van der Waals surface area contributed by atoms with Crippen molar-refractivity contribution in [1.29, 1.82) is 5.41 Å². The summed E-state index contributed by atoms with van der Waals surface area (Å²) in [5.74, 6) is 1.42. The Bertz CT molecular complexity index is 551. The summed E-state index contributed by atoms with van der Waals surface area (Å²) in [6.45, 7) is 9.34. The first kappa shape index (κ1) is 16.7. The lowest BCUT2D eigenvalue weighted by atomic mass is 10.0. The molecule has 0 aliphatic carbocycles. The lowest BCUT2D eigenvalue weighted by Crippen LogP contribution is -2.27. The third-order valence-corrected chi connectivity index (χ3v) is 2.92. The first-order valence-corrected chi connectivity index (χ1v) is 6.69. The Kier molecular flexibility index (Phi) is 6.39. The largest absolute Gasteiger partial charge is 0.367 e. The summed E-state index contributed by atoms with van der Waals surface area (Å²) in [7, 11) is 0. The molecule has 2 N–H and O–H groups in total. The zero-order valence-corrected chi connectivity index (χ0v) is 13.1. The fourth-order valence-electron chi connectivity index (χ4n) is 1.82. The van der Waals surface area contributed by atoms with Crippen LogP contribution in [-0.4, -0.2) is 23.8 Å². The van der Waals surface area contributed by atoms with E-state index in [1.54, 1.807) is 13.1 Å². The SMILES string of the molecule is C/C=N/O/C(C)=C/C(NC=N)/C(C)=C/c1c(C)noc1C. The molecule has 6 nitrogen and oxygen atoms in total. The molecule has 0 aliphatic rings. The molecule has 0 amide bonds. The van der Waals surface area contributed by atoms with Crippen molar-refractivity contribution in [2.45, 2.75) is 40.7 Å². The standard InChI is InChI=1S/C15H22N4O2/c1-6-18-20-11(3)8-15(17-9-16)10(2)7-14-12(4)19-21-13(14)5/h6-9,15H,1-5H3,(H2,16,17)/b10-7+,11-8+,18-6+. The normalized spacial score (nSPS) is 14.3. The quantitative estimate of drug-likeness (QED) is 0.349. The van der Waals surface area contributed by atoms with Gasteiger partial charge in [-0.1, -0.05) is 10.3 Å². The Morgan fingerprint density at radius 3 is 2.67 bits per heavy atom. The van der Waals surface area contributed by atoms with Crippen LogP contribution in [0.5, 0.6) is 0 Å². The van der Waals surface area contributed by atoms with Crippen LogP contribution < -0.4 is 5.32 Å². The molecule has 114 valence electrons. The van der Waals surface area contributed by atoms with Crippen LogP contribution in [0.2, 0.25) is 0 Å². The van der Waals surface area contributed by atoms with E-state index in [4.69, 9.17) is 14.8 Å². The maximum absolute atomic E-state index is 7.25. The van der Waals surface area contributed by atoms with Crippen molar-refractivity contribution >= 4 is 18.6 Å². The number of hydrogen-bond donors (Lipinski definition) is 2. The molecule has 0 fully saturated rings. The highest BCUT2D eigenvalue weighted by atomic mass is 16.6. The van der Waals surface area contributed by atoms with Crippen molar-refractivity contribution in [2.75, 3.05) is 0 Å². The van der Waals surface area contributed by atoms with Crippen LogP contribution in [-0.2, 0) is 4.84 Å². The molecule has 1 unspecified atom stereocenters. The summed E-state index contributed by atoms with van der Waals surface area (Å²) in [6.07, 6.45) is 6.59. The van der Waals surface area contributed by atoms with E-state index in [1.807, 2.05) is 39.8 Å². The molecule has 21 heavy (non-hydrogen) atoms. The van der Waals surface area contributed by atoms with E-state index in [1.165, 1.54) is 0 Å². The lowest BCUT2D eigenvalue weighted by Gasteiger charge is -2.14. The minimum absolute atomic E-state index is 0.164. The van der Waals surface area contributed by atoms with E-state index < -0.39 is 0 Å². The first-order valence-electron chi connectivity index (χ1n) is 6.69. The number of rotatable bonds is 7. The Morgan fingerprint density at radius 2 is 2.14 bits per heavy atom. The number of aromatic nitrogens is 1. The molecule has 0 aromatic carbocycles. The van der Waals surface area contributed by atoms with Gasteiger partial charge in [0.2, 0.25) is 0 Å². The summed E-state index contributed by atoms with van der Waals surface area (Å²) in [5.41, 5.74) is 2.81. The van der Waals surface area contributed by atoms with Gasteiger partial charge in [0.1, 0.15) is 11.5 Å². The number of allylic oxidation sites excluding steroid dienone is 1. The molecule has 0 aliphatic heterocycles. The lowest BCUT2D eigenvalue weighted by molar-refractivity contribution is 0.229. The van der Waals surface area contributed by atoms with Crippen LogP contribution in [0.4, 0.5) is 0 Å². The summed E-state index contributed by atoms with van der Waals surface area (Å²) < 4.78 is 5.15. The average molecular weight is 290 g/mol. The van der Waals surface area contributed by atoms with Crippen LogP contribution >= 0.6 is 0 Å². The molecule has 0 spiro atoms. The van der Waals surface area contributed by atoms with Gasteiger partial charge in [-0.15, -0.1) is 0 Å².